The zero-order valence-electron chi connectivity index (χ0n) is 9.96. The first kappa shape index (κ1) is 9.86. The van der Waals surface area contributed by atoms with Crippen LogP contribution in [0.1, 0.15) is 52.4 Å². The lowest BCUT2D eigenvalue weighted by Crippen LogP contribution is -2.51. The summed E-state index contributed by atoms with van der Waals surface area (Å²) >= 11 is 0. The number of ketones is 1. The van der Waals surface area contributed by atoms with E-state index in [0.717, 1.165) is 17.8 Å². The lowest BCUT2D eigenvalue weighted by molar-refractivity contribution is -0.147. The molecule has 15 heavy (non-hydrogen) atoms. The van der Waals surface area contributed by atoms with Crippen LogP contribution in [0.5, 0.6) is 0 Å². The average molecular weight is 206 g/mol. The van der Waals surface area contributed by atoms with Crippen LogP contribution in [0.25, 0.3) is 0 Å². The third-order valence-corrected chi connectivity index (χ3v) is 5.09. The van der Waals surface area contributed by atoms with Crippen molar-refractivity contribution >= 4 is 5.78 Å². The molecule has 4 fully saturated rings. The first-order valence-corrected chi connectivity index (χ1v) is 6.63. The quantitative estimate of drug-likeness (QED) is 0.676. The molecule has 4 bridgehead atoms. The second-order valence-electron chi connectivity index (χ2n) is 6.72. The fraction of sp³-hybridized carbons (Fsp3) is 0.929. The number of rotatable bonds is 2. The molecule has 4 saturated carbocycles. The van der Waals surface area contributed by atoms with E-state index in [1.54, 1.807) is 0 Å². The molecule has 0 radical (unpaired) electrons. The standard InChI is InChI=1S/C14H22O/c1-9(2)13(15)14-6-10-3-11(7-14)5-12(4-10)8-14/h9-12H,3-8H2,1-2H3. The predicted octanol–water partition coefficient (Wildman–Crippen LogP) is 3.43. The van der Waals surface area contributed by atoms with Crippen LogP contribution in [0.2, 0.25) is 0 Å². The molecular weight excluding hydrogens is 184 g/mol. The molecule has 1 heteroatoms. The summed E-state index contributed by atoms with van der Waals surface area (Å²) in [6.07, 6.45) is 8.00. The predicted molar refractivity (Wildman–Crippen MR) is 60.5 cm³/mol. The largest absolute Gasteiger partial charge is 0.299 e. The molecule has 4 aliphatic carbocycles. The second-order valence-corrected chi connectivity index (χ2v) is 6.72. The highest BCUT2D eigenvalue weighted by Crippen LogP contribution is 2.60. The van der Waals surface area contributed by atoms with Gasteiger partial charge in [0.2, 0.25) is 0 Å². The number of hydrogen-bond donors (Lipinski definition) is 0. The van der Waals surface area contributed by atoms with E-state index in [-0.39, 0.29) is 11.3 Å². The van der Waals surface area contributed by atoms with Crippen LogP contribution in [0.4, 0.5) is 0 Å². The highest BCUT2D eigenvalue weighted by molar-refractivity contribution is 5.87. The molecule has 0 atom stereocenters. The third-order valence-electron chi connectivity index (χ3n) is 5.09. The molecule has 84 valence electrons. The summed E-state index contributed by atoms with van der Waals surface area (Å²) in [6.45, 7) is 4.17. The van der Waals surface area contributed by atoms with Gasteiger partial charge in [-0.15, -0.1) is 0 Å². The normalized spacial score (nSPS) is 47.5. The number of hydrogen-bond acceptors (Lipinski definition) is 1. The first-order chi connectivity index (χ1) is 7.09. The summed E-state index contributed by atoms with van der Waals surface area (Å²) in [5, 5.41) is 0. The lowest BCUT2D eigenvalue weighted by atomic mass is 9.48. The Morgan fingerprint density at radius 3 is 1.73 bits per heavy atom. The van der Waals surface area contributed by atoms with E-state index in [4.69, 9.17) is 0 Å². The van der Waals surface area contributed by atoms with Crippen molar-refractivity contribution in [3.63, 3.8) is 0 Å². The highest BCUT2D eigenvalue weighted by atomic mass is 16.1. The molecular formula is C14H22O. The minimum absolute atomic E-state index is 0.142. The van der Waals surface area contributed by atoms with E-state index in [1.165, 1.54) is 38.5 Å². The molecule has 0 unspecified atom stereocenters. The molecule has 0 amide bonds. The van der Waals surface area contributed by atoms with Gasteiger partial charge in [-0.05, 0) is 56.3 Å². The van der Waals surface area contributed by atoms with E-state index in [1.807, 2.05) is 0 Å². The molecule has 0 N–H and O–H groups in total. The van der Waals surface area contributed by atoms with Crippen molar-refractivity contribution in [3.05, 3.63) is 0 Å². The molecule has 1 nitrogen and oxygen atoms in total. The summed E-state index contributed by atoms with van der Waals surface area (Å²) in [5.74, 6) is 3.54. The summed E-state index contributed by atoms with van der Waals surface area (Å²) < 4.78 is 0. The number of carbonyl (C=O) groups is 1. The van der Waals surface area contributed by atoms with E-state index in [2.05, 4.69) is 13.8 Å². The molecule has 0 spiro atoms. The lowest BCUT2D eigenvalue weighted by Gasteiger charge is -2.56. The minimum atomic E-state index is 0.142. The van der Waals surface area contributed by atoms with Crippen molar-refractivity contribution in [2.24, 2.45) is 29.1 Å². The van der Waals surface area contributed by atoms with Gasteiger partial charge in [0.15, 0.2) is 0 Å². The Kier molecular flexibility index (Phi) is 2.03. The van der Waals surface area contributed by atoms with Crippen LogP contribution in [0, 0.1) is 29.1 Å². The van der Waals surface area contributed by atoms with Crippen LogP contribution < -0.4 is 0 Å². The monoisotopic (exact) mass is 206 g/mol. The zero-order chi connectivity index (χ0) is 10.6. The molecule has 0 aliphatic heterocycles. The van der Waals surface area contributed by atoms with Crippen LogP contribution in [-0.4, -0.2) is 5.78 Å². The van der Waals surface area contributed by atoms with E-state index in [9.17, 15) is 4.79 Å². The highest BCUT2D eigenvalue weighted by Gasteiger charge is 2.54. The zero-order valence-corrected chi connectivity index (χ0v) is 9.96. The maximum absolute atomic E-state index is 12.4. The van der Waals surface area contributed by atoms with Gasteiger partial charge in [0.25, 0.3) is 0 Å². The maximum atomic E-state index is 12.4. The maximum Gasteiger partial charge on any atom is 0.141 e. The van der Waals surface area contributed by atoms with Crippen LogP contribution in [0.3, 0.4) is 0 Å². The Hall–Kier alpha value is -0.330. The Bertz CT molecular complexity index is 254. The Morgan fingerprint density at radius 1 is 1.00 bits per heavy atom. The van der Waals surface area contributed by atoms with Gasteiger partial charge in [0, 0.05) is 11.3 Å². The summed E-state index contributed by atoms with van der Waals surface area (Å²) in [7, 11) is 0. The Morgan fingerprint density at radius 2 is 1.40 bits per heavy atom. The van der Waals surface area contributed by atoms with Crippen molar-refractivity contribution in [2.75, 3.05) is 0 Å². The minimum Gasteiger partial charge on any atom is -0.299 e. The molecule has 0 aromatic rings. The topological polar surface area (TPSA) is 17.1 Å². The average Bonchev–Trinajstić information content (AvgIpc) is 2.14. The van der Waals surface area contributed by atoms with Crippen LogP contribution in [0.15, 0.2) is 0 Å². The molecule has 0 aromatic carbocycles. The summed E-state index contributed by atoms with van der Waals surface area (Å²) in [4.78, 5) is 12.4. The van der Waals surface area contributed by atoms with Gasteiger partial charge >= 0.3 is 0 Å². The molecule has 4 rings (SSSR count). The number of Topliss-reactive ketones (excluding diaryl/α,β-unsaturated/α-hetero) is 1. The van der Waals surface area contributed by atoms with Crippen molar-refractivity contribution in [1.29, 1.82) is 0 Å². The summed E-state index contributed by atoms with van der Waals surface area (Å²) in [6, 6.07) is 0. The van der Waals surface area contributed by atoms with Gasteiger partial charge in [-0.3, -0.25) is 4.79 Å². The fourth-order valence-electron chi connectivity index (χ4n) is 5.02. The van der Waals surface area contributed by atoms with Gasteiger partial charge < -0.3 is 0 Å². The van der Waals surface area contributed by atoms with Gasteiger partial charge in [-0.25, -0.2) is 0 Å². The second kappa shape index (κ2) is 3.09. The van der Waals surface area contributed by atoms with Crippen molar-refractivity contribution in [3.8, 4) is 0 Å². The Labute approximate surface area is 92.6 Å². The van der Waals surface area contributed by atoms with E-state index < -0.39 is 0 Å². The van der Waals surface area contributed by atoms with E-state index >= 15 is 0 Å². The van der Waals surface area contributed by atoms with Gasteiger partial charge in [-0.2, -0.15) is 0 Å². The first-order valence-electron chi connectivity index (χ1n) is 6.63. The fourth-order valence-corrected chi connectivity index (χ4v) is 5.02. The van der Waals surface area contributed by atoms with Crippen molar-refractivity contribution < 1.29 is 4.79 Å². The molecule has 0 saturated heterocycles. The number of carbonyl (C=O) groups excluding carboxylic acids is 1. The van der Waals surface area contributed by atoms with Gasteiger partial charge in [0.05, 0.1) is 0 Å². The third kappa shape index (κ3) is 1.38. The molecule has 0 heterocycles. The van der Waals surface area contributed by atoms with Crippen LogP contribution in [-0.2, 0) is 4.79 Å². The van der Waals surface area contributed by atoms with Crippen molar-refractivity contribution in [2.45, 2.75) is 52.4 Å². The molecule has 0 aromatic heterocycles. The SMILES string of the molecule is CC(C)C(=O)C12CC3CC(CC(C3)C1)C2. The van der Waals surface area contributed by atoms with Crippen LogP contribution >= 0.6 is 0 Å². The van der Waals surface area contributed by atoms with Gasteiger partial charge in [-0.1, -0.05) is 13.8 Å². The summed E-state index contributed by atoms with van der Waals surface area (Å²) in [5.41, 5.74) is 0.142. The van der Waals surface area contributed by atoms with Gasteiger partial charge in [0.1, 0.15) is 5.78 Å². The Balaban J connectivity index is 1.90. The smallest absolute Gasteiger partial charge is 0.141 e. The van der Waals surface area contributed by atoms with Crippen molar-refractivity contribution in [1.82, 2.24) is 0 Å². The van der Waals surface area contributed by atoms with E-state index in [0.29, 0.717) is 5.78 Å². The molecule has 4 aliphatic rings.